The molecule has 2 aliphatic rings. The van der Waals surface area contributed by atoms with E-state index in [1.807, 2.05) is 50.2 Å². The average Bonchev–Trinajstić information content (AvgIpc) is 2.95. The summed E-state index contributed by atoms with van der Waals surface area (Å²) in [4.78, 5) is 25.2. The Labute approximate surface area is 265 Å². The fourth-order valence-electron chi connectivity index (χ4n) is 7.16. The molecule has 0 unspecified atom stereocenters. The van der Waals surface area contributed by atoms with Crippen LogP contribution in [0.2, 0.25) is 0 Å². The smallest absolute Gasteiger partial charge is 0.344 e. The largest absolute Gasteiger partial charge is 0.508 e. The van der Waals surface area contributed by atoms with Crippen molar-refractivity contribution in [3.05, 3.63) is 110 Å². The number of aryl methyl sites for hydroxylation is 1. The second kappa shape index (κ2) is 10.1. The van der Waals surface area contributed by atoms with Crippen molar-refractivity contribution >= 4 is 66.0 Å². The molecule has 0 atom stereocenters. The summed E-state index contributed by atoms with van der Waals surface area (Å²) < 4.78 is 11.1. The van der Waals surface area contributed by atoms with E-state index in [1.165, 1.54) is 6.07 Å². The zero-order valence-corrected chi connectivity index (χ0v) is 27.0. The molecule has 0 radical (unpaired) electrons. The monoisotopic (exact) mass is 612 g/mol. The molecule has 232 valence electrons. The highest BCUT2D eigenvalue weighted by Crippen LogP contribution is 2.40. The maximum absolute atomic E-state index is 12.7. The second-order valence-electron chi connectivity index (χ2n) is 13.6. The van der Waals surface area contributed by atoms with Crippen LogP contribution in [-0.2, 0) is 0 Å². The van der Waals surface area contributed by atoms with Crippen LogP contribution < -0.4 is 21.9 Å². The van der Waals surface area contributed by atoms with E-state index < -0.39 is 0 Å². The summed E-state index contributed by atoms with van der Waals surface area (Å²) >= 11 is 0. The van der Waals surface area contributed by atoms with Gasteiger partial charge in [0.2, 0.25) is 0 Å². The number of fused-ring (bicyclic) bond motifs is 10. The van der Waals surface area contributed by atoms with Crippen molar-refractivity contribution in [2.45, 2.75) is 59.5 Å². The molecule has 2 aromatic heterocycles. The summed E-state index contributed by atoms with van der Waals surface area (Å²) in [6.07, 6.45) is 4.28. The molecule has 3 N–H and O–H groups in total. The van der Waals surface area contributed by atoms with Crippen LogP contribution in [0.1, 0.15) is 58.2 Å². The van der Waals surface area contributed by atoms with Crippen molar-refractivity contribution in [1.82, 2.24) is 0 Å². The van der Waals surface area contributed by atoms with Gasteiger partial charge in [0, 0.05) is 50.1 Å². The predicted octanol–water partition coefficient (Wildman–Crippen LogP) is 9.12. The second-order valence-corrected chi connectivity index (χ2v) is 13.6. The normalized spacial score (nSPS) is 16.1. The van der Waals surface area contributed by atoms with Crippen molar-refractivity contribution < 1.29 is 13.9 Å². The van der Waals surface area contributed by atoms with Gasteiger partial charge in [-0.3, -0.25) is 0 Å². The van der Waals surface area contributed by atoms with Gasteiger partial charge in [-0.15, -0.1) is 0 Å². The van der Waals surface area contributed by atoms with Crippen LogP contribution in [-0.4, -0.2) is 16.2 Å². The van der Waals surface area contributed by atoms with Crippen LogP contribution in [0.15, 0.2) is 91.2 Å². The molecular weight excluding hydrogens is 576 g/mol. The SMILES string of the molecule is CC1=CC(C)(C)Nc2ccc3c(c21)c(=O)oc1cc(C)ccc13.CC1=CC(C)(C)Nc2ccc3c(c21)c(=O)oc1cc(O)ccc13. The van der Waals surface area contributed by atoms with Gasteiger partial charge >= 0.3 is 11.3 Å². The van der Waals surface area contributed by atoms with Gasteiger partial charge in [0.05, 0.1) is 21.9 Å². The Morgan fingerprint density at radius 2 is 1.02 bits per heavy atom. The lowest BCUT2D eigenvalue weighted by molar-refractivity contribution is 0.473. The number of allylic oxidation sites excluding steroid dienone is 2. The summed E-state index contributed by atoms with van der Waals surface area (Å²) in [6, 6.07) is 18.9. The molecule has 8 rings (SSSR count). The molecule has 4 aromatic carbocycles. The zero-order chi connectivity index (χ0) is 32.7. The Morgan fingerprint density at radius 3 is 1.52 bits per heavy atom. The number of phenolic OH excluding ortho intramolecular Hbond substituents is 1. The number of anilines is 2. The van der Waals surface area contributed by atoms with Crippen LogP contribution in [0.3, 0.4) is 0 Å². The summed E-state index contributed by atoms with van der Waals surface area (Å²) in [5.41, 5.74) is 7.12. The van der Waals surface area contributed by atoms with Crippen LogP contribution in [0.5, 0.6) is 5.75 Å². The van der Waals surface area contributed by atoms with E-state index in [4.69, 9.17) is 8.83 Å². The first-order valence-corrected chi connectivity index (χ1v) is 15.4. The molecular formula is C39H36N2O5. The van der Waals surface area contributed by atoms with Crippen LogP contribution in [0.25, 0.3) is 54.6 Å². The molecule has 0 fully saturated rings. The van der Waals surface area contributed by atoms with E-state index in [-0.39, 0.29) is 28.1 Å². The quantitative estimate of drug-likeness (QED) is 0.116. The molecule has 6 aromatic rings. The molecule has 0 bridgehead atoms. The summed E-state index contributed by atoms with van der Waals surface area (Å²) in [5.74, 6) is 0.0810. The van der Waals surface area contributed by atoms with E-state index in [9.17, 15) is 14.7 Å². The van der Waals surface area contributed by atoms with E-state index >= 15 is 0 Å². The van der Waals surface area contributed by atoms with Gasteiger partial charge < -0.3 is 24.6 Å². The Balaban J connectivity index is 0.000000147. The number of aromatic hydroxyl groups is 1. The first kappa shape index (κ1) is 29.4. The van der Waals surface area contributed by atoms with Gasteiger partial charge in [0.25, 0.3) is 0 Å². The lowest BCUT2D eigenvalue weighted by atomic mass is 9.88. The highest BCUT2D eigenvalue weighted by molar-refractivity contribution is 6.12. The fraction of sp³-hybridized carbons (Fsp3) is 0.231. The third kappa shape index (κ3) is 4.83. The van der Waals surface area contributed by atoms with Crippen LogP contribution >= 0.6 is 0 Å². The topological polar surface area (TPSA) is 105 Å². The molecule has 0 saturated heterocycles. The number of hydrogen-bond donors (Lipinski definition) is 3. The molecule has 0 amide bonds. The van der Waals surface area contributed by atoms with Gasteiger partial charge in [-0.25, -0.2) is 9.59 Å². The summed E-state index contributed by atoms with van der Waals surface area (Å²) in [5, 5.41) is 21.4. The van der Waals surface area contributed by atoms with E-state index in [0.717, 1.165) is 60.8 Å². The van der Waals surface area contributed by atoms with Gasteiger partial charge in [-0.2, -0.15) is 0 Å². The molecule has 7 heteroatoms. The standard InChI is InChI=1S/C20H19NO2.C19H17NO3/c1-11-5-6-13-14-7-8-15-17(12(2)10-20(3,4)21-15)18(14)19(22)23-16(13)9-11;1-10-9-19(2,3)20-14-7-6-13-12-5-4-11(21)8-15(12)23-18(22)17(13)16(10)14/h5-10,21H,1-4H3;4-9,20-21H,1-3H3. The lowest BCUT2D eigenvalue weighted by Gasteiger charge is -2.32. The van der Waals surface area contributed by atoms with Crippen molar-refractivity contribution in [2.24, 2.45) is 0 Å². The number of rotatable bonds is 0. The van der Waals surface area contributed by atoms with E-state index in [2.05, 4.69) is 63.5 Å². The number of hydrogen-bond acceptors (Lipinski definition) is 7. The minimum Gasteiger partial charge on any atom is -0.508 e. The highest BCUT2D eigenvalue weighted by atomic mass is 16.4. The van der Waals surface area contributed by atoms with E-state index in [0.29, 0.717) is 21.9 Å². The highest BCUT2D eigenvalue weighted by Gasteiger charge is 2.27. The number of phenols is 1. The number of nitrogens with one attached hydrogen (secondary N) is 2. The molecule has 46 heavy (non-hydrogen) atoms. The molecule has 0 spiro atoms. The minimum absolute atomic E-state index is 0.0810. The lowest BCUT2D eigenvalue weighted by Crippen LogP contribution is -2.31. The zero-order valence-electron chi connectivity index (χ0n) is 27.0. The van der Waals surface area contributed by atoms with Crippen molar-refractivity contribution in [3.8, 4) is 5.75 Å². The average molecular weight is 613 g/mol. The van der Waals surface area contributed by atoms with Gasteiger partial charge in [-0.1, -0.05) is 36.4 Å². The van der Waals surface area contributed by atoms with E-state index in [1.54, 1.807) is 12.1 Å². The maximum Gasteiger partial charge on any atom is 0.344 e. The Kier molecular flexibility index (Phi) is 6.46. The first-order chi connectivity index (χ1) is 21.7. The van der Waals surface area contributed by atoms with Gasteiger partial charge in [0.15, 0.2) is 0 Å². The number of benzene rings is 4. The fourth-order valence-corrected chi connectivity index (χ4v) is 7.16. The van der Waals surface area contributed by atoms with Crippen LogP contribution in [0, 0.1) is 6.92 Å². The van der Waals surface area contributed by atoms with Crippen LogP contribution in [0.4, 0.5) is 11.4 Å². The molecule has 7 nitrogen and oxygen atoms in total. The maximum atomic E-state index is 12.7. The van der Waals surface area contributed by atoms with Crippen molar-refractivity contribution in [3.63, 3.8) is 0 Å². The third-order valence-electron chi connectivity index (χ3n) is 8.76. The first-order valence-electron chi connectivity index (χ1n) is 15.4. The summed E-state index contributed by atoms with van der Waals surface area (Å²) in [7, 11) is 0. The predicted molar refractivity (Wildman–Crippen MR) is 189 cm³/mol. The van der Waals surface area contributed by atoms with Gasteiger partial charge in [-0.05, 0) is 95.5 Å². The Hall–Kier alpha value is -5.30. The Morgan fingerprint density at radius 1 is 0.587 bits per heavy atom. The molecule has 4 heterocycles. The molecule has 0 saturated carbocycles. The Bertz CT molecular complexity index is 2290. The summed E-state index contributed by atoms with van der Waals surface area (Å²) in [6.45, 7) is 14.5. The van der Waals surface area contributed by atoms with Gasteiger partial charge in [0.1, 0.15) is 16.9 Å². The molecule has 0 aliphatic carbocycles. The molecule has 2 aliphatic heterocycles. The minimum atomic E-state index is -0.385. The third-order valence-corrected chi connectivity index (χ3v) is 8.76. The van der Waals surface area contributed by atoms with Crippen molar-refractivity contribution in [1.29, 1.82) is 0 Å². The van der Waals surface area contributed by atoms with Crippen molar-refractivity contribution in [2.75, 3.05) is 10.6 Å².